The molecular formula is C27H30N4O5. The highest BCUT2D eigenvalue weighted by Crippen LogP contribution is 2.43. The summed E-state index contributed by atoms with van der Waals surface area (Å²) < 4.78 is 5.63. The van der Waals surface area contributed by atoms with Crippen molar-refractivity contribution in [2.45, 2.75) is 44.7 Å². The third-order valence-electron chi connectivity index (χ3n) is 7.10. The number of H-pyrrole nitrogens is 1. The summed E-state index contributed by atoms with van der Waals surface area (Å²) in [7, 11) is 0. The SMILES string of the molecule is CCCCOCCCN1CC(=O)N2[C@H](c3cccc([N+](=O)[O-])c3)c3[nH]c4ccccc4c3C[C@H]2C1=O. The molecule has 1 aromatic heterocycles. The Morgan fingerprint density at radius 1 is 1.11 bits per heavy atom. The van der Waals surface area contributed by atoms with Gasteiger partial charge in [-0.2, -0.15) is 0 Å². The van der Waals surface area contributed by atoms with Crippen molar-refractivity contribution >= 4 is 28.4 Å². The number of rotatable bonds is 9. The van der Waals surface area contributed by atoms with Gasteiger partial charge < -0.3 is 19.5 Å². The lowest BCUT2D eigenvalue weighted by Gasteiger charge is -2.47. The van der Waals surface area contributed by atoms with Crippen molar-refractivity contribution in [3.8, 4) is 0 Å². The van der Waals surface area contributed by atoms with Gasteiger partial charge in [0.25, 0.3) is 5.69 Å². The van der Waals surface area contributed by atoms with Gasteiger partial charge in [0.05, 0.1) is 17.5 Å². The zero-order chi connectivity index (χ0) is 25.2. The molecule has 188 valence electrons. The van der Waals surface area contributed by atoms with Crippen LogP contribution in [0.3, 0.4) is 0 Å². The Balaban J connectivity index is 1.49. The largest absolute Gasteiger partial charge is 0.381 e. The highest BCUT2D eigenvalue weighted by atomic mass is 16.6. The molecule has 0 bridgehead atoms. The normalized spacial score (nSPS) is 19.5. The summed E-state index contributed by atoms with van der Waals surface area (Å²) in [6, 6.07) is 12.9. The number of carbonyl (C=O) groups excluding carboxylic acids is 2. The molecule has 3 aromatic rings. The van der Waals surface area contributed by atoms with E-state index < -0.39 is 17.0 Å². The average Bonchev–Trinajstić information content (AvgIpc) is 3.26. The van der Waals surface area contributed by atoms with Gasteiger partial charge in [0.2, 0.25) is 11.8 Å². The predicted octanol–water partition coefficient (Wildman–Crippen LogP) is 3.97. The van der Waals surface area contributed by atoms with Crippen molar-refractivity contribution in [2.75, 3.05) is 26.3 Å². The van der Waals surface area contributed by atoms with Gasteiger partial charge in [-0.3, -0.25) is 19.7 Å². The van der Waals surface area contributed by atoms with Gasteiger partial charge in [-0.05, 0) is 30.0 Å². The van der Waals surface area contributed by atoms with Crippen LogP contribution in [-0.2, 0) is 20.7 Å². The number of nitrogens with zero attached hydrogens (tertiary/aromatic N) is 3. The number of aromatic amines is 1. The molecule has 1 N–H and O–H groups in total. The molecule has 1 fully saturated rings. The number of piperazine rings is 1. The number of nitro groups is 1. The molecule has 2 aliphatic heterocycles. The Bertz CT molecular complexity index is 1300. The average molecular weight is 491 g/mol. The Morgan fingerprint density at radius 2 is 1.92 bits per heavy atom. The van der Waals surface area contributed by atoms with Gasteiger partial charge >= 0.3 is 0 Å². The van der Waals surface area contributed by atoms with Crippen LogP contribution in [0, 0.1) is 10.1 Å². The van der Waals surface area contributed by atoms with E-state index in [2.05, 4.69) is 11.9 Å². The maximum absolute atomic E-state index is 13.7. The minimum Gasteiger partial charge on any atom is -0.381 e. The molecule has 5 rings (SSSR count). The summed E-state index contributed by atoms with van der Waals surface area (Å²) in [5.41, 5.74) is 3.27. The monoisotopic (exact) mass is 490 g/mol. The number of amides is 2. The standard InChI is InChI=1S/C27H30N4O5/c1-2-3-13-36-14-7-12-29-17-24(32)30-23(27(29)33)16-21-20-10-4-5-11-22(20)28-25(21)26(30)18-8-6-9-19(15-18)31(34)35/h4-6,8-11,15,23,26,28H,2-3,7,12-14,16-17H2,1H3/t23-,26+/m0/s1. The lowest BCUT2D eigenvalue weighted by molar-refractivity contribution is -0.384. The van der Waals surface area contributed by atoms with Crippen molar-refractivity contribution in [2.24, 2.45) is 0 Å². The van der Waals surface area contributed by atoms with Crippen LogP contribution in [0.15, 0.2) is 48.5 Å². The zero-order valence-electron chi connectivity index (χ0n) is 20.3. The molecule has 0 spiro atoms. The highest BCUT2D eigenvalue weighted by Gasteiger charge is 2.48. The molecule has 2 aromatic carbocycles. The quantitative estimate of drug-likeness (QED) is 0.277. The first-order valence-electron chi connectivity index (χ1n) is 12.5. The number of ether oxygens (including phenoxy) is 1. The van der Waals surface area contributed by atoms with Gasteiger partial charge in [0, 0.05) is 54.9 Å². The van der Waals surface area contributed by atoms with E-state index in [0.717, 1.165) is 35.0 Å². The molecule has 0 radical (unpaired) electrons. The van der Waals surface area contributed by atoms with Crippen molar-refractivity contribution in [1.29, 1.82) is 0 Å². The Morgan fingerprint density at radius 3 is 2.72 bits per heavy atom. The second-order valence-corrected chi connectivity index (χ2v) is 9.42. The summed E-state index contributed by atoms with van der Waals surface area (Å²) in [4.78, 5) is 45.0. The van der Waals surface area contributed by atoms with E-state index in [1.165, 1.54) is 12.1 Å². The minimum atomic E-state index is -0.664. The number of hydrogen-bond donors (Lipinski definition) is 1. The highest BCUT2D eigenvalue weighted by molar-refractivity contribution is 5.97. The van der Waals surface area contributed by atoms with Crippen molar-refractivity contribution in [1.82, 2.24) is 14.8 Å². The number of hydrogen-bond acceptors (Lipinski definition) is 5. The first-order valence-corrected chi connectivity index (χ1v) is 12.5. The molecule has 0 saturated carbocycles. The summed E-state index contributed by atoms with van der Waals surface area (Å²) in [6.45, 7) is 3.81. The lowest BCUT2D eigenvalue weighted by atomic mass is 9.86. The molecule has 2 aliphatic rings. The van der Waals surface area contributed by atoms with Crippen LogP contribution in [0.2, 0.25) is 0 Å². The van der Waals surface area contributed by atoms with Gasteiger partial charge in [0.1, 0.15) is 6.04 Å². The van der Waals surface area contributed by atoms with Crippen molar-refractivity contribution in [3.63, 3.8) is 0 Å². The van der Waals surface area contributed by atoms with E-state index >= 15 is 0 Å². The fourth-order valence-corrected chi connectivity index (χ4v) is 5.37. The number of benzene rings is 2. The number of para-hydroxylation sites is 1. The van der Waals surface area contributed by atoms with Crippen LogP contribution in [-0.4, -0.2) is 63.9 Å². The lowest BCUT2D eigenvalue weighted by Crippen LogP contribution is -2.63. The van der Waals surface area contributed by atoms with Gasteiger partial charge in [-0.25, -0.2) is 0 Å². The first kappa shape index (κ1) is 24.0. The van der Waals surface area contributed by atoms with E-state index in [0.29, 0.717) is 38.2 Å². The Hall–Kier alpha value is -3.72. The van der Waals surface area contributed by atoms with Crippen LogP contribution in [0.25, 0.3) is 10.9 Å². The number of nitro benzene ring substituents is 1. The van der Waals surface area contributed by atoms with E-state index in [1.807, 2.05) is 24.3 Å². The third-order valence-corrected chi connectivity index (χ3v) is 7.10. The van der Waals surface area contributed by atoms with Crippen LogP contribution in [0.5, 0.6) is 0 Å². The number of non-ortho nitro benzene ring substituents is 1. The van der Waals surface area contributed by atoms with Gasteiger partial charge in [-0.1, -0.05) is 43.7 Å². The van der Waals surface area contributed by atoms with E-state index in [-0.39, 0.29) is 24.0 Å². The van der Waals surface area contributed by atoms with Gasteiger partial charge in [-0.15, -0.1) is 0 Å². The van der Waals surface area contributed by atoms with Crippen LogP contribution >= 0.6 is 0 Å². The van der Waals surface area contributed by atoms with Crippen LogP contribution in [0.1, 0.15) is 49.0 Å². The fourth-order valence-electron chi connectivity index (χ4n) is 5.37. The molecular weight excluding hydrogens is 460 g/mol. The van der Waals surface area contributed by atoms with E-state index in [4.69, 9.17) is 4.74 Å². The second-order valence-electron chi connectivity index (χ2n) is 9.42. The Labute approximate surface area is 209 Å². The van der Waals surface area contributed by atoms with Crippen LogP contribution in [0.4, 0.5) is 5.69 Å². The maximum atomic E-state index is 13.7. The summed E-state index contributed by atoms with van der Waals surface area (Å²) >= 11 is 0. The molecule has 9 nitrogen and oxygen atoms in total. The smallest absolute Gasteiger partial charge is 0.269 e. The summed E-state index contributed by atoms with van der Waals surface area (Å²) in [5.74, 6) is -0.248. The van der Waals surface area contributed by atoms with E-state index in [1.54, 1.807) is 21.9 Å². The van der Waals surface area contributed by atoms with Crippen molar-refractivity contribution < 1.29 is 19.2 Å². The van der Waals surface area contributed by atoms with Crippen LogP contribution < -0.4 is 0 Å². The molecule has 9 heteroatoms. The zero-order valence-corrected chi connectivity index (χ0v) is 20.3. The molecule has 3 heterocycles. The molecule has 0 unspecified atom stereocenters. The second kappa shape index (κ2) is 10.1. The maximum Gasteiger partial charge on any atom is 0.269 e. The Kier molecular flexibility index (Phi) is 6.73. The number of carbonyl (C=O) groups is 2. The predicted molar refractivity (Wildman–Crippen MR) is 135 cm³/mol. The molecule has 36 heavy (non-hydrogen) atoms. The molecule has 2 atom stereocenters. The van der Waals surface area contributed by atoms with E-state index in [9.17, 15) is 19.7 Å². The number of aromatic nitrogens is 1. The topological polar surface area (TPSA) is 109 Å². The molecule has 0 aliphatic carbocycles. The first-order chi connectivity index (χ1) is 17.5. The summed E-state index contributed by atoms with van der Waals surface area (Å²) in [6.07, 6.45) is 3.14. The minimum absolute atomic E-state index is 0.00865. The number of nitrogens with one attached hydrogen (secondary N) is 1. The summed E-state index contributed by atoms with van der Waals surface area (Å²) in [5, 5.41) is 12.5. The van der Waals surface area contributed by atoms with Crippen molar-refractivity contribution in [3.05, 3.63) is 75.5 Å². The number of unbranched alkanes of at least 4 members (excludes halogenated alkanes) is 1. The molecule has 1 saturated heterocycles. The molecule has 2 amide bonds. The third kappa shape index (κ3) is 4.35. The fraction of sp³-hybridized carbons (Fsp3) is 0.407. The number of fused-ring (bicyclic) bond motifs is 4. The van der Waals surface area contributed by atoms with Gasteiger partial charge in [0.15, 0.2) is 0 Å².